The summed E-state index contributed by atoms with van der Waals surface area (Å²) >= 11 is 0. The molecular formula is C23H25N3O4. The largest absolute Gasteiger partial charge is 0.494 e. The fourth-order valence-electron chi connectivity index (χ4n) is 3.65. The number of carbonyl (C=O) groups excluding carboxylic acids is 1. The first-order valence-corrected chi connectivity index (χ1v) is 10.2. The minimum absolute atomic E-state index is 0.0860. The molecule has 1 amide bonds. The Hall–Kier alpha value is -3.35. The van der Waals surface area contributed by atoms with E-state index in [0.717, 1.165) is 16.9 Å². The Morgan fingerprint density at radius 2 is 1.93 bits per heavy atom. The van der Waals surface area contributed by atoms with Gasteiger partial charge in [-0.25, -0.2) is 0 Å². The summed E-state index contributed by atoms with van der Waals surface area (Å²) in [6, 6.07) is 15.4. The molecule has 1 aromatic heterocycles. The summed E-state index contributed by atoms with van der Waals surface area (Å²) in [6.07, 6.45) is 0.372. The van der Waals surface area contributed by atoms with Crippen LogP contribution in [-0.2, 0) is 11.3 Å². The van der Waals surface area contributed by atoms with Gasteiger partial charge in [-0.05, 0) is 43.7 Å². The summed E-state index contributed by atoms with van der Waals surface area (Å²) in [5.41, 5.74) is 1.79. The maximum Gasteiger partial charge on any atom is 0.261 e. The number of ether oxygens (including phenoxy) is 2. The van der Waals surface area contributed by atoms with Crippen LogP contribution in [0.1, 0.15) is 37.6 Å². The van der Waals surface area contributed by atoms with Crippen molar-refractivity contribution < 1.29 is 18.8 Å². The van der Waals surface area contributed by atoms with Crippen molar-refractivity contribution in [1.29, 1.82) is 0 Å². The highest BCUT2D eigenvalue weighted by molar-refractivity contribution is 5.79. The smallest absolute Gasteiger partial charge is 0.261 e. The van der Waals surface area contributed by atoms with Gasteiger partial charge in [0.1, 0.15) is 11.5 Å². The second-order valence-electron chi connectivity index (χ2n) is 7.14. The average Bonchev–Trinajstić information content (AvgIpc) is 3.37. The van der Waals surface area contributed by atoms with Crippen LogP contribution in [0.4, 0.5) is 0 Å². The number of benzene rings is 2. The fourth-order valence-corrected chi connectivity index (χ4v) is 3.65. The molecule has 0 N–H and O–H groups in total. The number of aromatic nitrogens is 2. The molecule has 1 aliphatic rings. The summed E-state index contributed by atoms with van der Waals surface area (Å²) < 4.78 is 16.7. The average molecular weight is 407 g/mol. The van der Waals surface area contributed by atoms with Crippen LogP contribution in [0.25, 0.3) is 11.5 Å². The molecule has 2 aromatic carbocycles. The van der Waals surface area contributed by atoms with Crippen LogP contribution in [0, 0.1) is 0 Å². The SMILES string of the molecule is CCOc1cccc(CN2CC(c3noc(-c4ccccc4OCC)n3)CC2=O)c1. The first-order valence-electron chi connectivity index (χ1n) is 10.2. The van der Waals surface area contributed by atoms with Gasteiger partial charge in [-0.15, -0.1) is 0 Å². The molecule has 30 heavy (non-hydrogen) atoms. The van der Waals surface area contributed by atoms with Crippen LogP contribution in [0.3, 0.4) is 0 Å². The van der Waals surface area contributed by atoms with Crippen molar-refractivity contribution in [3.05, 3.63) is 59.9 Å². The van der Waals surface area contributed by atoms with Gasteiger partial charge in [0.05, 0.1) is 18.8 Å². The Kier molecular flexibility index (Phi) is 5.97. The normalized spacial score (nSPS) is 16.1. The minimum atomic E-state index is -0.0932. The minimum Gasteiger partial charge on any atom is -0.494 e. The van der Waals surface area contributed by atoms with E-state index in [2.05, 4.69) is 10.1 Å². The zero-order chi connectivity index (χ0) is 20.9. The molecule has 7 heteroatoms. The lowest BCUT2D eigenvalue weighted by Crippen LogP contribution is -2.24. The molecule has 1 unspecified atom stereocenters. The predicted octanol–water partition coefficient (Wildman–Crippen LogP) is 4.05. The van der Waals surface area contributed by atoms with E-state index in [1.54, 1.807) is 0 Å². The van der Waals surface area contributed by atoms with E-state index in [4.69, 9.17) is 14.0 Å². The molecule has 7 nitrogen and oxygen atoms in total. The molecule has 3 aromatic rings. The lowest BCUT2D eigenvalue weighted by atomic mass is 10.1. The van der Waals surface area contributed by atoms with Gasteiger partial charge >= 0.3 is 0 Å². The van der Waals surface area contributed by atoms with Crippen molar-refractivity contribution in [2.45, 2.75) is 32.7 Å². The summed E-state index contributed by atoms with van der Waals surface area (Å²) in [4.78, 5) is 19.0. The Labute approximate surface area is 175 Å². The van der Waals surface area contributed by atoms with Gasteiger partial charge in [0.2, 0.25) is 5.91 Å². The second kappa shape index (κ2) is 8.98. The quantitative estimate of drug-likeness (QED) is 0.561. The van der Waals surface area contributed by atoms with Crippen LogP contribution >= 0.6 is 0 Å². The third-order valence-electron chi connectivity index (χ3n) is 5.02. The lowest BCUT2D eigenvalue weighted by Gasteiger charge is -2.16. The Morgan fingerprint density at radius 3 is 2.77 bits per heavy atom. The molecule has 0 bridgehead atoms. The van der Waals surface area contributed by atoms with E-state index in [0.29, 0.717) is 50.2 Å². The molecule has 0 radical (unpaired) electrons. The molecule has 0 saturated carbocycles. The van der Waals surface area contributed by atoms with Crippen molar-refractivity contribution in [2.75, 3.05) is 19.8 Å². The standard InChI is InChI=1S/C23H25N3O4/c1-3-28-18-9-7-8-16(12-18)14-26-15-17(13-21(26)27)22-24-23(30-25-22)19-10-5-6-11-20(19)29-4-2/h5-12,17H,3-4,13-15H2,1-2H3. The Morgan fingerprint density at radius 1 is 1.10 bits per heavy atom. The van der Waals surface area contributed by atoms with Gasteiger partial charge < -0.3 is 18.9 Å². The van der Waals surface area contributed by atoms with Crippen LogP contribution in [0.15, 0.2) is 53.1 Å². The fraction of sp³-hybridized carbons (Fsp3) is 0.348. The monoisotopic (exact) mass is 407 g/mol. The van der Waals surface area contributed by atoms with Gasteiger partial charge in [-0.3, -0.25) is 4.79 Å². The molecule has 0 aliphatic carbocycles. The summed E-state index contributed by atoms with van der Waals surface area (Å²) in [6.45, 7) is 6.14. The maximum atomic E-state index is 12.6. The Bertz CT molecular complexity index is 1020. The number of likely N-dealkylation sites (tertiary alicyclic amines) is 1. The summed E-state index contributed by atoms with van der Waals surface area (Å²) in [5.74, 6) is 2.47. The summed E-state index contributed by atoms with van der Waals surface area (Å²) in [5, 5.41) is 4.15. The van der Waals surface area contributed by atoms with E-state index in [1.807, 2.05) is 67.3 Å². The number of para-hydroxylation sites is 1. The third kappa shape index (κ3) is 4.30. The van der Waals surface area contributed by atoms with Gasteiger partial charge in [0, 0.05) is 25.4 Å². The molecule has 0 spiro atoms. The molecule has 1 fully saturated rings. The van der Waals surface area contributed by atoms with Crippen molar-refractivity contribution in [3.8, 4) is 23.0 Å². The first kappa shape index (κ1) is 19.9. The number of nitrogens with zero attached hydrogens (tertiary/aromatic N) is 3. The summed E-state index contributed by atoms with van der Waals surface area (Å²) in [7, 11) is 0. The topological polar surface area (TPSA) is 77.7 Å². The number of amides is 1. The zero-order valence-electron chi connectivity index (χ0n) is 17.2. The Balaban J connectivity index is 1.47. The number of hydrogen-bond acceptors (Lipinski definition) is 6. The maximum absolute atomic E-state index is 12.6. The molecule has 1 aliphatic heterocycles. The zero-order valence-corrected chi connectivity index (χ0v) is 17.2. The van der Waals surface area contributed by atoms with E-state index in [1.165, 1.54) is 0 Å². The molecular weight excluding hydrogens is 382 g/mol. The predicted molar refractivity (Wildman–Crippen MR) is 111 cm³/mol. The highest BCUT2D eigenvalue weighted by atomic mass is 16.5. The van der Waals surface area contributed by atoms with Crippen molar-refractivity contribution in [1.82, 2.24) is 15.0 Å². The third-order valence-corrected chi connectivity index (χ3v) is 5.02. The molecule has 2 heterocycles. The van der Waals surface area contributed by atoms with E-state index < -0.39 is 0 Å². The number of hydrogen-bond donors (Lipinski definition) is 0. The van der Waals surface area contributed by atoms with Crippen LogP contribution < -0.4 is 9.47 Å². The van der Waals surface area contributed by atoms with Crippen molar-refractivity contribution in [3.63, 3.8) is 0 Å². The first-order chi connectivity index (χ1) is 14.7. The van der Waals surface area contributed by atoms with Gasteiger partial charge in [0.15, 0.2) is 5.82 Å². The molecule has 4 rings (SSSR count). The van der Waals surface area contributed by atoms with Crippen LogP contribution in [0.2, 0.25) is 0 Å². The second-order valence-corrected chi connectivity index (χ2v) is 7.14. The van der Waals surface area contributed by atoms with Crippen molar-refractivity contribution in [2.24, 2.45) is 0 Å². The lowest BCUT2D eigenvalue weighted by molar-refractivity contribution is -0.128. The van der Waals surface area contributed by atoms with E-state index in [-0.39, 0.29) is 11.8 Å². The number of carbonyl (C=O) groups is 1. The molecule has 1 atom stereocenters. The van der Waals surface area contributed by atoms with Gasteiger partial charge in [-0.2, -0.15) is 4.98 Å². The highest BCUT2D eigenvalue weighted by Gasteiger charge is 2.34. The van der Waals surface area contributed by atoms with E-state index in [9.17, 15) is 4.79 Å². The van der Waals surface area contributed by atoms with Crippen LogP contribution in [-0.4, -0.2) is 40.7 Å². The van der Waals surface area contributed by atoms with E-state index >= 15 is 0 Å². The molecule has 156 valence electrons. The number of rotatable bonds is 8. The highest BCUT2D eigenvalue weighted by Crippen LogP contribution is 2.32. The van der Waals surface area contributed by atoms with Gasteiger partial charge in [0.25, 0.3) is 5.89 Å². The van der Waals surface area contributed by atoms with Gasteiger partial charge in [-0.1, -0.05) is 29.4 Å². The molecule has 1 saturated heterocycles. The van der Waals surface area contributed by atoms with Crippen LogP contribution in [0.5, 0.6) is 11.5 Å². The van der Waals surface area contributed by atoms with Crippen molar-refractivity contribution >= 4 is 5.91 Å².